The van der Waals surface area contributed by atoms with Gasteiger partial charge in [0.05, 0.1) is 0 Å². The minimum atomic E-state index is -1.58. The van der Waals surface area contributed by atoms with Gasteiger partial charge in [0.2, 0.25) is 0 Å². The van der Waals surface area contributed by atoms with Crippen molar-refractivity contribution < 1.29 is 14.5 Å². The number of hydrogen-bond donors (Lipinski definition) is 2. The smallest absolute Gasteiger partial charge is 0.456 e. The maximum atomic E-state index is 9.74. The fourth-order valence-corrected chi connectivity index (χ4v) is 3.71. The highest BCUT2D eigenvalue weighted by Crippen LogP contribution is 2.40. The van der Waals surface area contributed by atoms with E-state index in [0.29, 0.717) is 11.0 Å². The van der Waals surface area contributed by atoms with Gasteiger partial charge in [0.15, 0.2) is 0 Å². The molecule has 0 fully saturated rings. The van der Waals surface area contributed by atoms with Crippen molar-refractivity contribution >= 4 is 45.3 Å². The van der Waals surface area contributed by atoms with Crippen LogP contribution in [0.5, 0.6) is 0 Å². The van der Waals surface area contributed by atoms with Gasteiger partial charge in [-0.3, -0.25) is 0 Å². The Morgan fingerprint density at radius 2 is 1.42 bits per heavy atom. The summed E-state index contributed by atoms with van der Waals surface area (Å²) in [6.45, 7) is 0. The van der Waals surface area contributed by atoms with Crippen molar-refractivity contribution in [3.05, 3.63) is 78.9 Å². The summed E-state index contributed by atoms with van der Waals surface area (Å²) < 4.78 is 6.22. The standard InChI is InChI=1S/C22H15BO3/c24-23(25)19-12-6-11-17-20-16-10-5-4-9-15(16)13-18(22(20)26-21(17)19)14-7-2-1-3-8-14/h1-13,24-25H. The number of rotatable bonds is 2. The molecule has 3 nitrogen and oxygen atoms in total. The quantitative estimate of drug-likeness (QED) is 0.477. The number of para-hydroxylation sites is 1. The molecular weight excluding hydrogens is 323 g/mol. The third-order valence-corrected chi connectivity index (χ3v) is 4.88. The Morgan fingerprint density at radius 1 is 0.692 bits per heavy atom. The third kappa shape index (κ3) is 2.17. The van der Waals surface area contributed by atoms with E-state index >= 15 is 0 Å². The van der Waals surface area contributed by atoms with Gasteiger partial charge < -0.3 is 14.5 Å². The van der Waals surface area contributed by atoms with Crippen molar-refractivity contribution in [1.29, 1.82) is 0 Å². The van der Waals surface area contributed by atoms with Gasteiger partial charge >= 0.3 is 7.12 Å². The molecule has 4 heteroatoms. The van der Waals surface area contributed by atoms with Crippen molar-refractivity contribution in [3.63, 3.8) is 0 Å². The molecule has 0 atom stereocenters. The van der Waals surface area contributed by atoms with Gasteiger partial charge in [0.1, 0.15) is 11.2 Å². The molecule has 4 aromatic carbocycles. The first-order valence-electron chi connectivity index (χ1n) is 8.52. The molecule has 0 aliphatic rings. The van der Waals surface area contributed by atoms with Crippen molar-refractivity contribution in [3.8, 4) is 11.1 Å². The van der Waals surface area contributed by atoms with Gasteiger partial charge in [0, 0.05) is 21.8 Å². The third-order valence-electron chi connectivity index (χ3n) is 4.88. The zero-order valence-corrected chi connectivity index (χ0v) is 13.9. The van der Waals surface area contributed by atoms with Crippen LogP contribution in [0.1, 0.15) is 0 Å². The van der Waals surface area contributed by atoms with E-state index in [9.17, 15) is 10.0 Å². The summed E-state index contributed by atoms with van der Waals surface area (Å²) in [6, 6.07) is 25.9. The second-order valence-electron chi connectivity index (χ2n) is 6.42. The Labute approximate surface area is 150 Å². The van der Waals surface area contributed by atoms with E-state index < -0.39 is 7.12 Å². The predicted octanol–water partition coefficient (Wildman–Crippen LogP) is 4.09. The number of fused-ring (bicyclic) bond motifs is 5. The summed E-state index contributed by atoms with van der Waals surface area (Å²) >= 11 is 0. The average molecular weight is 338 g/mol. The first-order valence-corrected chi connectivity index (χ1v) is 8.52. The van der Waals surface area contributed by atoms with Crippen molar-refractivity contribution in [2.45, 2.75) is 0 Å². The molecule has 0 unspecified atom stereocenters. The molecule has 0 aliphatic heterocycles. The van der Waals surface area contributed by atoms with Crippen LogP contribution in [-0.2, 0) is 0 Å². The lowest BCUT2D eigenvalue weighted by Crippen LogP contribution is -2.29. The van der Waals surface area contributed by atoms with Crippen LogP contribution in [0.2, 0.25) is 0 Å². The summed E-state index contributed by atoms with van der Waals surface area (Å²) in [5.41, 5.74) is 3.72. The lowest BCUT2D eigenvalue weighted by molar-refractivity contribution is 0.425. The van der Waals surface area contributed by atoms with Crippen LogP contribution in [0.25, 0.3) is 43.8 Å². The van der Waals surface area contributed by atoms with Crippen LogP contribution in [0.15, 0.2) is 83.3 Å². The summed E-state index contributed by atoms with van der Waals surface area (Å²) in [6.07, 6.45) is 0. The van der Waals surface area contributed by atoms with Crippen LogP contribution in [0.3, 0.4) is 0 Å². The largest absolute Gasteiger partial charge is 0.492 e. The number of furan rings is 1. The van der Waals surface area contributed by atoms with E-state index in [2.05, 4.69) is 30.3 Å². The van der Waals surface area contributed by atoms with Crippen molar-refractivity contribution in [2.24, 2.45) is 0 Å². The zero-order chi connectivity index (χ0) is 17.7. The van der Waals surface area contributed by atoms with E-state index in [-0.39, 0.29) is 0 Å². The van der Waals surface area contributed by atoms with Gasteiger partial charge in [-0.05, 0) is 22.4 Å². The predicted molar refractivity (Wildman–Crippen MR) is 106 cm³/mol. The Bertz CT molecular complexity index is 1260. The molecule has 2 N–H and O–H groups in total. The van der Waals surface area contributed by atoms with Crippen LogP contribution >= 0.6 is 0 Å². The minimum Gasteiger partial charge on any atom is -0.456 e. The van der Waals surface area contributed by atoms with E-state index in [1.807, 2.05) is 42.5 Å². The maximum absolute atomic E-state index is 9.74. The SMILES string of the molecule is OB(O)c1cccc2c1oc1c(-c3ccccc3)cc3ccccc3c12. The average Bonchev–Trinajstić information content (AvgIpc) is 3.07. The molecule has 0 bridgehead atoms. The van der Waals surface area contributed by atoms with Crippen molar-refractivity contribution in [1.82, 2.24) is 0 Å². The molecule has 1 aromatic heterocycles. The van der Waals surface area contributed by atoms with Gasteiger partial charge in [0.25, 0.3) is 0 Å². The molecule has 5 aromatic rings. The second kappa shape index (κ2) is 5.73. The minimum absolute atomic E-state index is 0.377. The Kier molecular flexibility index (Phi) is 3.35. The molecule has 0 radical (unpaired) electrons. The van der Waals surface area contributed by atoms with Crippen LogP contribution < -0.4 is 5.46 Å². The molecule has 0 saturated heterocycles. The highest BCUT2D eigenvalue weighted by Gasteiger charge is 2.22. The maximum Gasteiger partial charge on any atom is 0.492 e. The molecular formula is C22H15BO3. The molecule has 0 amide bonds. The highest BCUT2D eigenvalue weighted by molar-refractivity contribution is 6.62. The summed E-state index contributed by atoms with van der Waals surface area (Å²) in [4.78, 5) is 0. The zero-order valence-electron chi connectivity index (χ0n) is 13.9. The fraction of sp³-hybridized carbons (Fsp3) is 0. The first kappa shape index (κ1) is 15.2. The normalized spacial score (nSPS) is 11.5. The molecule has 5 rings (SSSR count). The number of benzene rings is 4. The van der Waals surface area contributed by atoms with Gasteiger partial charge in [-0.1, -0.05) is 72.8 Å². The lowest BCUT2D eigenvalue weighted by atomic mass is 9.79. The van der Waals surface area contributed by atoms with E-state index in [1.54, 1.807) is 6.07 Å². The van der Waals surface area contributed by atoms with Gasteiger partial charge in [-0.2, -0.15) is 0 Å². The number of hydrogen-bond acceptors (Lipinski definition) is 3. The van der Waals surface area contributed by atoms with Crippen LogP contribution in [0, 0.1) is 0 Å². The molecule has 124 valence electrons. The van der Waals surface area contributed by atoms with E-state index in [1.165, 1.54) is 0 Å². The van der Waals surface area contributed by atoms with Crippen molar-refractivity contribution in [2.75, 3.05) is 0 Å². The van der Waals surface area contributed by atoms with Gasteiger partial charge in [-0.25, -0.2) is 0 Å². The lowest BCUT2D eigenvalue weighted by Gasteiger charge is -2.06. The first-order chi connectivity index (χ1) is 12.7. The second-order valence-corrected chi connectivity index (χ2v) is 6.42. The monoisotopic (exact) mass is 338 g/mol. The van der Waals surface area contributed by atoms with Crippen LogP contribution in [0.4, 0.5) is 0 Å². The van der Waals surface area contributed by atoms with E-state index in [0.717, 1.165) is 38.3 Å². The summed E-state index contributed by atoms with van der Waals surface area (Å²) in [5, 5.41) is 23.6. The molecule has 0 saturated carbocycles. The summed E-state index contributed by atoms with van der Waals surface area (Å²) in [7, 11) is -1.58. The molecule has 0 spiro atoms. The molecule has 26 heavy (non-hydrogen) atoms. The topological polar surface area (TPSA) is 53.6 Å². The van der Waals surface area contributed by atoms with Gasteiger partial charge in [-0.15, -0.1) is 0 Å². The highest BCUT2D eigenvalue weighted by atomic mass is 16.4. The fourth-order valence-electron chi connectivity index (χ4n) is 3.71. The Hall–Kier alpha value is -3.08. The Morgan fingerprint density at radius 3 is 2.23 bits per heavy atom. The summed E-state index contributed by atoms with van der Waals surface area (Å²) in [5.74, 6) is 0. The van der Waals surface area contributed by atoms with E-state index in [4.69, 9.17) is 4.42 Å². The molecule has 1 heterocycles. The molecule has 0 aliphatic carbocycles. The van der Waals surface area contributed by atoms with Crippen LogP contribution in [-0.4, -0.2) is 17.2 Å². The Balaban J connectivity index is 2.03.